The first-order valence-electron chi connectivity index (χ1n) is 7.21. The summed E-state index contributed by atoms with van der Waals surface area (Å²) in [6.45, 7) is 5.62. The van der Waals surface area contributed by atoms with E-state index in [-0.39, 0.29) is 0 Å². The van der Waals surface area contributed by atoms with E-state index < -0.39 is 0 Å². The lowest BCUT2D eigenvalue weighted by molar-refractivity contribution is 0.476. The Labute approximate surface area is 106 Å². The highest BCUT2D eigenvalue weighted by Crippen LogP contribution is 2.28. The van der Waals surface area contributed by atoms with Crippen molar-refractivity contribution in [2.24, 2.45) is 0 Å². The Bertz CT molecular complexity index is 148. The maximum atomic E-state index is 3.56. The Morgan fingerprint density at radius 3 is 2.56 bits per heavy atom. The maximum absolute atomic E-state index is 3.56. The van der Waals surface area contributed by atoms with Crippen molar-refractivity contribution in [3.05, 3.63) is 0 Å². The molecule has 96 valence electrons. The SMILES string of the molecule is CCNC(CC)CCCSC1CCCCC1. The molecule has 1 aliphatic carbocycles. The molecule has 0 saturated heterocycles. The van der Waals surface area contributed by atoms with Crippen LogP contribution in [-0.2, 0) is 0 Å². The molecule has 2 heteroatoms. The summed E-state index contributed by atoms with van der Waals surface area (Å²) in [7, 11) is 0. The van der Waals surface area contributed by atoms with Gasteiger partial charge in [0, 0.05) is 11.3 Å². The van der Waals surface area contributed by atoms with E-state index in [1.807, 2.05) is 0 Å². The van der Waals surface area contributed by atoms with Gasteiger partial charge in [0.1, 0.15) is 0 Å². The first-order chi connectivity index (χ1) is 7.86. The summed E-state index contributed by atoms with van der Waals surface area (Å²) in [5, 5.41) is 4.55. The van der Waals surface area contributed by atoms with Gasteiger partial charge in [-0.3, -0.25) is 0 Å². The monoisotopic (exact) mass is 243 g/mol. The lowest BCUT2D eigenvalue weighted by Gasteiger charge is -2.21. The van der Waals surface area contributed by atoms with Gasteiger partial charge >= 0.3 is 0 Å². The lowest BCUT2D eigenvalue weighted by atomic mass is 10.0. The third-order valence-electron chi connectivity index (χ3n) is 3.59. The summed E-state index contributed by atoms with van der Waals surface area (Å²) in [4.78, 5) is 0. The largest absolute Gasteiger partial charge is 0.314 e. The normalized spacial score (nSPS) is 19.9. The van der Waals surface area contributed by atoms with Gasteiger partial charge in [-0.25, -0.2) is 0 Å². The fourth-order valence-corrected chi connectivity index (χ4v) is 3.88. The van der Waals surface area contributed by atoms with Gasteiger partial charge in [-0.15, -0.1) is 0 Å². The molecule has 1 unspecified atom stereocenters. The zero-order valence-corrected chi connectivity index (χ0v) is 12.0. The summed E-state index contributed by atoms with van der Waals surface area (Å²) in [6.07, 6.45) is 11.4. The van der Waals surface area contributed by atoms with Gasteiger partial charge < -0.3 is 5.32 Å². The quantitative estimate of drug-likeness (QED) is 0.641. The van der Waals surface area contributed by atoms with Gasteiger partial charge in [0.05, 0.1) is 0 Å². The molecule has 0 radical (unpaired) electrons. The van der Waals surface area contributed by atoms with Crippen LogP contribution >= 0.6 is 11.8 Å². The molecule has 1 fully saturated rings. The lowest BCUT2D eigenvalue weighted by Crippen LogP contribution is -2.28. The molecular formula is C14H29NS. The first kappa shape index (κ1) is 14.4. The molecule has 0 aromatic rings. The van der Waals surface area contributed by atoms with Crippen LogP contribution in [-0.4, -0.2) is 23.6 Å². The Hall–Kier alpha value is 0.310. The predicted octanol–water partition coefficient (Wildman–Crippen LogP) is 4.22. The summed E-state index contributed by atoms with van der Waals surface area (Å²) < 4.78 is 0. The molecule has 0 aromatic heterocycles. The van der Waals surface area contributed by atoms with Crippen molar-refractivity contribution in [1.82, 2.24) is 5.32 Å². The molecule has 0 aromatic carbocycles. The maximum Gasteiger partial charge on any atom is 0.00646 e. The van der Waals surface area contributed by atoms with E-state index >= 15 is 0 Å². The number of hydrogen-bond donors (Lipinski definition) is 1. The molecule has 1 atom stereocenters. The minimum atomic E-state index is 0.761. The van der Waals surface area contributed by atoms with Crippen LogP contribution < -0.4 is 5.32 Å². The molecule has 1 N–H and O–H groups in total. The van der Waals surface area contributed by atoms with Crippen molar-refractivity contribution in [3.63, 3.8) is 0 Å². The van der Waals surface area contributed by atoms with E-state index in [1.165, 1.54) is 57.1 Å². The average Bonchev–Trinajstić information content (AvgIpc) is 2.34. The molecular weight excluding hydrogens is 214 g/mol. The Morgan fingerprint density at radius 1 is 1.19 bits per heavy atom. The van der Waals surface area contributed by atoms with Crippen molar-refractivity contribution in [3.8, 4) is 0 Å². The summed E-state index contributed by atoms with van der Waals surface area (Å²) in [6, 6.07) is 0.761. The van der Waals surface area contributed by atoms with Gasteiger partial charge in [0.25, 0.3) is 0 Å². The highest BCUT2D eigenvalue weighted by atomic mass is 32.2. The Morgan fingerprint density at radius 2 is 1.94 bits per heavy atom. The van der Waals surface area contributed by atoms with Gasteiger partial charge in [-0.2, -0.15) is 11.8 Å². The topological polar surface area (TPSA) is 12.0 Å². The standard InChI is InChI=1S/C14H29NS/c1-3-13(15-4-2)9-8-12-16-14-10-6-5-7-11-14/h13-15H,3-12H2,1-2H3. The second-order valence-corrected chi connectivity index (χ2v) is 6.34. The van der Waals surface area contributed by atoms with Crippen LogP contribution in [0.3, 0.4) is 0 Å². The molecule has 1 rings (SSSR count). The van der Waals surface area contributed by atoms with Gasteiger partial charge in [-0.1, -0.05) is 33.1 Å². The third-order valence-corrected chi connectivity index (χ3v) is 5.06. The van der Waals surface area contributed by atoms with Crippen molar-refractivity contribution < 1.29 is 0 Å². The minimum Gasteiger partial charge on any atom is -0.314 e. The number of hydrogen-bond acceptors (Lipinski definition) is 2. The molecule has 1 nitrogen and oxygen atoms in total. The van der Waals surface area contributed by atoms with Crippen molar-refractivity contribution in [1.29, 1.82) is 0 Å². The molecule has 1 saturated carbocycles. The van der Waals surface area contributed by atoms with Crippen LogP contribution in [0.1, 0.15) is 65.2 Å². The number of rotatable bonds is 8. The molecule has 1 aliphatic rings. The van der Waals surface area contributed by atoms with Crippen LogP contribution in [0.15, 0.2) is 0 Å². The number of thioether (sulfide) groups is 1. The van der Waals surface area contributed by atoms with E-state index in [0.717, 1.165) is 17.8 Å². The fraction of sp³-hybridized carbons (Fsp3) is 1.00. The predicted molar refractivity (Wildman–Crippen MR) is 76.3 cm³/mol. The summed E-state index contributed by atoms with van der Waals surface area (Å²) in [5.74, 6) is 1.38. The third kappa shape index (κ3) is 6.15. The Kier molecular flexibility index (Phi) is 8.40. The average molecular weight is 243 g/mol. The van der Waals surface area contributed by atoms with Crippen LogP contribution in [0, 0.1) is 0 Å². The highest BCUT2D eigenvalue weighted by Gasteiger charge is 2.13. The molecule has 16 heavy (non-hydrogen) atoms. The minimum absolute atomic E-state index is 0.761. The van der Waals surface area contributed by atoms with Gasteiger partial charge in [0.15, 0.2) is 0 Å². The van der Waals surface area contributed by atoms with Gasteiger partial charge in [0.2, 0.25) is 0 Å². The van der Waals surface area contributed by atoms with Gasteiger partial charge in [-0.05, 0) is 44.4 Å². The fourth-order valence-electron chi connectivity index (χ4n) is 2.55. The van der Waals surface area contributed by atoms with Crippen LogP contribution in [0.25, 0.3) is 0 Å². The van der Waals surface area contributed by atoms with E-state index in [9.17, 15) is 0 Å². The molecule has 0 spiro atoms. The molecule has 0 amide bonds. The second-order valence-electron chi connectivity index (χ2n) is 4.94. The summed E-state index contributed by atoms with van der Waals surface area (Å²) in [5.41, 5.74) is 0. The van der Waals surface area contributed by atoms with Crippen LogP contribution in [0.2, 0.25) is 0 Å². The smallest absolute Gasteiger partial charge is 0.00646 e. The number of nitrogens with one attached hydrogen (secondary N) is 1. The molecule has 0 bridgehead atoms. The van der Waals surface area contributed by atoms with E-state index in [1.54, 1.807) is 0 Å². The van der Waals surface area contributed by atoms with Crippen molar-refractivity contribution in [2.75, 3.05) is 12.3 Å². The van der Waals surface area contributed by atoms with Crippen molar-refractivity contribution in [2.45, 2.75) is 76.5 Å². The first-order valence-corrected chi connectivity index (χ1v) is 8.26. The highest BCUT2D eigenvalue weighted by molar-refractivity contribution is 7.99. The molecule has 0 aliphatic heterocycles. The Balaban J connectivity index is 1.97. The van der Waals surface area contributed by atoms with Crippen LogP contribution in [0.4, 0.5) is 0 Å². The molecule has 0 heterocycles. The van der Waals surface area contributed by atoms with Crippen LogP contribution in [0.5, 0.6) is 0 Å². The van der Waals surface area contributed by atoms with E-state index in [4.69, 9.17) is 0 Å². The van der Waals surface area contributed by atoms with E-state index in [0.29, 0.717) is 0 Å². The zero-order valence-electron chi connectivity index (χ0n) is 11.1. The van der Waals surface area contributed by atoms with Crippen molar-refractivity contribution >= 4 is 11.8 Å². The van der Waals surface area contributed by atoms with E-state index in [2.05, 4.69) is 30.9 Å². The summed E-state index contributed by atoms with van der Waals surface area (Å²) >= 11 is 2.24. The second kappa shape index (κ2) is 9.35. The zero-order chi connectivity index (χ0) is 11.6.